The summed E-state index contributed by atoms with van der Waals surface area (Å²) in [7, 11) is 0. The Morgan fingerprint density at radius 2 is 2.04 bits per heavy atom. The van der Waals surface area contributed by atoms with Crippen molar-refractivity contribution in [2.24, 2.45) is 11.8 Å². The van der Waals surface area contributed by atoms with Crippen molar-refractivity contribution in [1.29, 1.82) is 0 Å². The van der Waals surface area contributed by atoms with Crippen LogP contribution in [-0.2, 0) is 19.1 Å². The molecule has 0 aromatic carbocycles. The average Bonchev–Trinajstić information content (AvgIpc) is 2.49. The fraction of sp³-hybridized carbons (Fsp3) is 0.688. The van der Waals surface area contributed by atoms with Gasteiger partial charge in [-0.2, -0.15) is 0 Å². The molecule has 1 aliphatic heterocycles. The van der Waals surface area contributed by atoms with Gasteiger partial charge in [-0.3, -0.25) is 9.59 Å². The highest BCUT2D eigenvalue weighted by molar-refractivity contribution is 5.91. The molecule has 128 valence electrons. The minimum absolute atomic E-state index is 0.0462. The van der Waals surface area contributed by atoms with Gasteiger partial charge in [0.05, 0.1) is 6.10 Å². The normalized spacial score (nSPS) is 30.5. The van der Waals surface area contributed by atoms with Crippen LogP contribution in [0.1, 0.15) is 39.5 Å². The van der Waals surface area contributed by atoms with Crippen LogP contribution in [0.25, 0.3) is 0 Å². The number of fused-ring (bicyclic) bond motifs is 1. The van der Waals surface area contributed by atoms with Gasteiger partial charge in [0.2, 0.25) is 5.91 Å². The van der Waals surface area contributed by atoms with Gasteiger partial charge in [0, 0.05) is 23.8 Å². The molecule has 4 atom stereocenters. The molecule has 1 heterocycles. The van der Waals surface area contributed by atoms with E-state index in [0.717, 1.165) is 12.0 Å². The lowest BCUT2D eigenvalue weighted by atomic mass is 9.72. The summed E-state index contributed by atoms with van der Waals surface area (Å²) in [5.41, 5.74) is 1.43. The minimum atomic E-state index is -1.11. The lowest BCUT2D eigenvalue weighted by molar-refractivity contribution is -0.159. The number of carbonyl (C=O) groups excluding carboxylic acids is 2. The Morgan fingerprint density at radius 1 is 1.35 bits per heavy atom. The van der Waals surface area contributed by atoms with Gasteiger partial charge in [-0.15, -0.1) is 0 Å². The summed E-state index contributed by atoms with van der Waals surface area (Å²) >= 11 is 0. The third-order valence-corrected chi connectivity index (χ3v) is 4.86. The van der Waals surface area contributed by atoms with Crippen LogP contribution in [0.3, 0.4) is 0 Å². The molecular weight excluding hydrogens is 302 g/mol. The molecule has 0 aromatic rings. The number of aliphatic hydroxyl groups is 1. The predicted octanol–water partition coefficient (Wildman–Crippen LogP) is 0.616. The summed E-state index contributed by atoms with van der Waals surface area (Å²) in [6.45, 7) is 3.33. The fourth-order valence-corrected chi connectivity index (χ4v) is 3.40. The largest absolute Gasteiger partial charge is 0.480 e. The summed E-state index contributed by atoms with van der Waals surface area (Å²) in [6, 6.07) is 0. The predicted molar refractivity (Wildman–Crippen MR) is 80.4 cm³/mol. The van der Waals surface area contributed by atoms with Gasteiger partial charge in [-0.05, 0) is 26.2 Å². The Labute approximate surface area is 134 Å². The second kappa shape index (κ2) is 7.12. The number of rotatable bonds is 5. The standard InChI is InChI=1S/C16H23NO6/c1-8-10-3-5-12(18)9(2)15(10)23-16(22)11(8)4-6-13(19)17-7-14(20)21/h9-10,12,15,18H,3-7H2,1-2H3,(H,17,19)(H,20,21). The molecule has 23 heavy (non-hydrogen) atoms. The molecule has 1 amide bonds. The number of carboxylic acids is 1. The van der Waals surface area contributed by atoms with Crippen molar-refractivity contribution in [3.8, 4) is 0 Å². The maximum Gasteiger partial charge on any atom is 0.334 e. The van der Waals surface area contributed by atoms with Gasteiger partial charge in [-0.25, -0.2) is 4.79 Å². The zero-order valence-corrected chi connectivity index (χ0v) is 13.4. The lowest BCUT2D eigenvalue weighted by Crippen LogP contribution is -2.46. The molecule has 0 saturated heterocycles. The lowest BCUT2D eigenvalue weighted by Gasteiger charge is -2.42. The molecule has 1 saturated carbocycles. The number of aliphatic hydroxyl groups excluding tert-OH is 1. The minimum Gasteiger partial charge on any atom is -0.480 e. The van der Waals surface area contributed by atoms with Crippen LogP contribution in [0.5, 0.6) is 0 Å². The molecule has 4 unspecified atom stereocenters. The smallest absolute Gasteiger partial charge is 0.334 e. The average molecular weight is 325 g/mol. The monoisotopic (exact) mass is 325 g/mol. The van der Waals surface area contributed by atoms with Gasteiger partial charge < -0.3 is 20.3 Å². The molecule has 7 heteroatoms. The highest BCUT2D eigenvalue weighted by atomic mass is 16.5. The molecule has 2 aliphatic rings. The summed E-state index contributed by atoms with van der Waals surface area (Å²) in [4.78, 5) is 34.2. The van der Waals surface area contributed by atoms with Crippen LogP contribution in [-0.4, -0.2) is 46.8 Å². The molecule has 1 fully saturated rings. The van der Waals surface area contributed by atoms with E-state index < -0.39 is 30.5 Å². The highest BCUT2D eigenvalue weighted by Crippen LogP contribution is 2.41. The summed E-state index contributed by atoms with van der Waals surface area (Å²) in [5.74, 6) is -1.97. The third-order valence-electron chi connectivity index (χ3n) is 4.86. The first-order valence-corrected chi connectivity index (χ1v) is 7.88. The van der Waals surface area contributed by atoms with Crippen molar-refractivity contribution >= 4 is 17.8 Å². The number of hydrogen-bond donors (Lipinski definition) is 3. The van der Waals surface area contributed by atoms with Crippen LogP contribution in [0.2, 0.25) is 0 Å². The van der Waals surface area contributed by atoms with Gasteiger partial charge in [0.25, 0.3) is 0 Å². The number of nitrogens with one attached hydrogen (secondary N) is 1. The molecule has 0 spiro atoms. The van der Waals surface area contributed by atoms with Crippen LogP contribution >= 0.6 is 0 Å². The zero-order chi connectivity index (χ0) is 17.1. The van der Waals surface area contributed by atoms with Crippen LogP contribution < -0.4 is 5.32 Å². The van der Waals surface area contributed by atoms with Crippen LogP contribution in [0.15, 0.2) is 11.1 Å². The van der Waals surface area contributed by atoms with Gasteiger partial charge in [-0.1, -0.05) is 12.5 Å². The Balaban J connectivity index is 2.02. The summed E-state index contributed by atoms with van der Waals surface area (Å²) in [6.07, 6.45) is 0.935. The van der Waals surface area contributed by atoms with Crippen molar-refractivity contribution in [1.82, 2.24) is 5.32 Å². The van der Waals surface area contributed by atoms with E-state index >= 15 is 0 Å². The number of ether oxygens (including phenoxy) is 1. The van der Waals surface area contributed by atoms with Crippen molar-refractivity contribution in [2.45, 2.75) is 51.7 Å². The number of hydrogen-bond acceptors (Lipinski definition) is 5. The van der Waals surface area contributed by atoms with Crippen molar-refractivity contribution in [2.75, 3.05) is 6.54 Å². The Hall–Kier alpha value is -1.89. The van der Waals surface area contributed by atoms with E-state index in [0.29, 0.717) is 12.0 Å². The number of amides is 1. The molecule has 0 radical (unpaired) electrons. The molecule has 0 aromatic heterocycles. The van der Waals surface area contributed by atoms with E-state index in [2.05, 4.69) is 5.32 Å². The second-order valence-electron chi connectivity index (χ2n) is 6.31. The fourth-order valence-electron chi connectivity index (χ4n) is 3.40. The SMILES string of the molecule is CC1=C(CCC(=O)NCC(=O)O)C(=O)OC2C1CCC(O)C2C. The van der Waals surface area contributed by atoms with Crippen molar-refractivity contribution in [3.05, 3.63) is 11.1 Å². The quantitative estimate of drug-likeness (QED) is 0.639. The first-order valence-electron chi connectivity index (χ1n) is 7.88. The molecule has 1 aliphatic carbocycles. The maximum atomic E-state index is 12.2. The molecule has 3 N–H and O–H groups in total. The van der Waals surface area contributed by atoms with Crippen molar-refractivity contribution < 1.29 is 29.3 Å². The van der Waals surface area contributed by atoms with E-state index in [1.54, 1.807) is 0 Å². The van der Waals surface area contributed by atoms with E-state index in [1.165, 1.54) is 0 Å². The Kier molecular flexibility index (Phi) is 5.41. The van der Waals surface area contributed by atoms with Crippen LogP contribution in [0.4, 0.5) is 0 Å². The van der Waals surface area contributed by atoms with Crippen molar-refractivity contribution in [3.63, 3.8) is 0 Å². The van der Waals surface area contributed by atoms with E-state index in [1.807, 2.05) is 13.8 Å². The summed E-state index contributed by atoms with van der Waals surface area (Å²) in [5, 5.41) is 20.7. The van der Waals surface area contributed by atoms with Crippen LogP contribution in [0, 0.1) is 11.8 Å². The number of aliphatic carboxylic acids is 1. The third kappa shape index (κ3) is 3.90. The van der Waals surface area contributed by atoms with Gasteiger partial charge in [0.1, 0.15) is 12.6 Å². The Morgan fingerprint density at radius 3 is 2.70 bits per heavy atom. The first-order chi connectivity index (χ1) is 10.8. The zero-order valence-electron chi connectivity index (χ0n) is 13.4. The Bertz CT molecular complexity index is 541. The maximum absolute atomic E-state index is 12.2. The second-order valence-corrected chi connectivity index (χ2v) is 6.31. The summed E-state index contributed by atoms with van der Waals surface area (Å²) < 4.78 is 5.50. The van der Waals surface area contributed by atoms with E-state index in [-0.39, 0.29) is 30.8 Å². The molecular formula is C16H23NO6. The number of carboxylic acid groups (broad SMARTS) is 1. The van der Waals surface area contributed by atoms with Gasteiger partial charge in [0.15, 0.2) is 0 Å². The van der Waals surface area contributed by atoms with E-state index in [4.69, 9.17) is 9.84 Å². The molecule has 2 rings (SSSR count). The topological polar surface area (TPSA) is 113 Å². The highest BCUT2D eigenvalue weighted by Gasteiger charge is 2.43. The first kappa shape index (κ1) is 17.5. The number of carbonyl (C=O) groups is 3. The number of esters is 1. The van der Waals surface area contributed by atoms with Gasteiger partial charge >= 0.3 is 11.9 Å². The van der Waals surface area contributed by atoms with E-state index in [9.17, 15) is 19.5 Å². The molecule has 0 bridgehead atoms. The molecule has 7 nitrogen and oxygen atoms in total.